The van der Waals surface area contributed by atoms with E-state index in [-0.39, 0.29) is 18.3 Å². The van der Waals surface area contributed by atoms with E-state index in [2.05, 4.69) is 26.3 Å². The van der Waals surface area contributed by atoms with E-state index in [0.717, 1.165) is 25.9 Å². The largest absolute Gasteiger partial charge is 1.00 e. The van der Waals surface area contributed by atoms with Crippen LogP contribution >= 0.6 is 0 Å². The maximum absolute atomic E-state index is 11.8. The minimum atomic E-state index is 0. The Morgan fingerprint density at radius 1 is 0.581 bits per heavy atom. The number of unbranched alkanes of at least 4 members (excludes halogenated alkanes) is 18. The molecule has 0 aliphatic carbocycles. The van der Waals surface area contributed by atoms with Crippen molar-refractivity contribution in [2.75, 3.05) is 27.2 Å². The second-order valence-corrected chi connectivity index (χ2v) is 9.77. The minimum absolute atomic E-state index is 0. The van der Waals surface area contributed by atoms with Gasteiger partial charge in [0, 0.05) is 19.4 Å². The fourth-order valence-corrected chi connectivity index (χ4v) is 4.12. The lowest BCUT2D eigenvalue weighted by atomic mass is 10.0. The van der Waals surface area contributed by atoms with Crippen LogP contribution in [0.2, 0.25) is 0 Å². The van der Waals surface area contributed by atoms with Gasteiger partial charge in [-0.1, -0.05) is 122 Å². The lowest BCUT2D eigenvalue weighted by Gasteiger charge is -2.08. The average molecular weight is 461 g/mol. The monoisotopic (exact) mass is 460 g/mol. The van der Waals surface area contributed by atoms with Crippen LogP contribution in [0.3, 0.4) is 0 Å². The highest BCUT2D eigenvalue weighted by atomic mass is 35.5. The molecule has 0 bridgehead atoms. The molecule has 4 heteroatoms. The highest BCUT2D eigenvalue weighted by molar-refractivity contribution is 5.75. The molecule has 0 aromatic heterocycles. The normalized spacial score (nSPS) is 11.0. The number of carbonyl (C=O) groups is 1. The molecule has 3 nitrogen and oxygen atoms in total. The minimum Gasteiger partial charge on any atom is -1.00 e. The molecule has 0 saturated heterocycles. The molecule has 2 N–H and O–H groups in total. The van der Waals surface area contributed by atoms with Crippen LogP contribution in [0, 0.1) is 0 Å². The summed E-state index contributed by atoms with van der Waals surface area (Å²) < 4.78 is 0. The zero-order valence-corrected chi connectivity index (χ0v) is 22.3. The van der Waals surface area contributed by atoms with Crippen LogP contribution in [0.25, 0.3) is 0 Å². The lowest BCUT2D eigenvalue weighted by molar-refractivity contribution is -0.858. The molecule has 188 valence electrons. The van der Waals surface area contributed by atoms with Crippen LogP contribution in [0.4, 0.5) is 0 Å². The fourth-order valence-electron chi connectivity index (χ4n) is 4.12. The molecule has 0 unspecified atom stereocenters. The Labute approximate surface area is 202 Å². The topological polar surface area (TPSA) is 33.5 Å². The van der Waals surface area contributed by atoms with Crippen LogP contribution in [0.1, 0.15) is 142 Å². The van der Waals surface area contributed by atoms with Crippen molar-refractivity contribution in [3.63, 3.8) is 0 Å². The van der Waals surface area contributed by atoms with Gasteiger partial charge >= 0.3 is 0 Å². The molecule has 1 amide bonds. The Morgan fingerprint density at radius 2 is 0.935 bits per heavy atom. The van der Waals surface area contributed by atoms with Crippen molar-refractivity contribution >= 4 is 5.91 Å². The summed E-state index contributed by atoms with van der Waals surface area (Å²) in [5.41, 5.74) is 0. The van der Waals surface area contributed by atoms with Gasteiger partial charge in [-0.2, -0.15) is 0 Å². The predicted molar refractivity (Wildman–Crippen MR) is 133 cm³/mol. The lowest BCUT2D eigenvalue weighted by Crippen LogP contribution is -3.05. The Hall–Kier alpha value is -0.280. The summed E-state index contributed by atoms with van der Waals surface area (Å²) in [6.07, 6.45) is 28.3. The maximum Gasteiger partial charge on any atom is 0.219 e. The summed E-state index contributed by atoms with van der Waals surface area (Å²) in [7, 11) is 4.31. The second kappa shape index (κ2) is 27.8. The molecule has 0 atom stereocenters. The molecule has 0 aromatic carbocycles. The highest BCUT2D eigenvalue weighted by Gasteiger charge is 2.01. The summed E-state index contributed by atoms with van der Waals surface area (Å²) in [6, 6.07) is 0. The fraction of sp³-hybridized carbons (Fsp3) is 0.963. The number of nitrogens with one attached hydrogen (secondary N) is 2. The molecule has 0 aromatic rings. The summed E-state index contributed by atoms with van der Waals surface area (Å²) >= 11 is 0. The van der Waals surface area contributed by atoms with Gasteiger partial charge < -0.3 is 22.6 Å². The standard InChI is InChI=1S/C27H56N2O.ClH/c1-4-5-6-7-8-9-10-11-12-13-14-15-16-17-18-19-20-21-22-24-27(30)28-25-23-26-29(2)3;/h4-26H2,1-3H3,(H,28,30);1H. The van der Waals surface area contributed by atoms with Crippen molar-refractivity contribution in [1.82, 2.24) is 5.32 Å². The van der Waals surface area contributed by atoms with Gasteiger partial charge in [0.25, 0.3) is 0 Å². The second-order valence-electron chi connectivity index (χ2n) is 9.77. The van der Waals surface area contributed by atoms with Crippen LogP contribution < -0.4 is 22.6 Å². The zero-order chi connectivity index (χ0) is 22.1. The van der Waals surface area contributed by atoms with E-state index in [1.165, 1.54) is 120 Å². The summed E-state index contributed by atoms with van der Waals surface area (Å²) in [5.74, 6) is 0.246. The molecule has 0 aliphatic rings. The highest BCUT2D eigenvalue weighted by Crippen LogP contribution is 2.14. The number of quaternary nitrogens is 1. The van der Waals surface area contributed by atoms with Gasteiger partial charge in [-0.25, -0.2) is 0 Å². The molecular formula is C27H57ClN2O. The Morgan fingerprint density at radius 3 is 1.29 bits per heavy atom. The van der Waals surface area contributed by atoms with E-state index < -0.39 is 0 Å². The van der Waals surface area contributed by atoms with E-state index in [1.54, 1.807) is 0 Å². The number of hydrogen-bond acceptors (Lipinski definition) is 1. The smallest absolute Gasteiger partial charge is 0.219 e. The first-order valence-corrected chi connectivity index (χ1v) is 13.7. The third-order valence-corrected chi connectivity index (χ3v) is 6.18. The number of rotatable bonds is 24. The van der Waals surface area contributed by atoms with Crippen LogP contribution in [0.15, 0.2) is 0 Å². The number of hydrogen-bond donors (Lipinski definition) is 2. The average Bonchev–Trinajstić information content (AvgIpc) is 2.72. The quantitative estimate of drug-likeness (QED) is 0.212. The first kappa shape index (κ1) is 32.9. The summed E-state index contributed by atoms with van der Waals surface area (Å²) in [5, 5.41) is 3.04. The third-order valence-electron chi connectivity index (χ3n) is 6.18. The number of amides is 1. The summed E-state index contributed by atoms with van der Waals surface area (Å²) in [4.78, 5) is 13.2. The molecule has 0 radical (unpaired) electrons. The SMILES string of the molecule is CCCCCCCCCCCCCCCCCCCCCC(=O)NCCC[NH+](C)C.[Cl-]. The molecular weight excluding hydrogens is 404 g/mol. The van der Waals surface area contributed by atoms with E-state index in [0.29, 0.717) is 6.42 Å². The molecule has 0 heterocycles. The third kappa shape index (κ3) is 29.7. The van der Waals surface area contributed by atoms with Crippen molar-refractivity contribution in [1.29, 1.82) is 0 Å². The molecule has 0 aliphatic heterocycles. The molecule has 0 saturated carbocycles. The van der Waals surface area contributed by atoms with Crippen LogP contribution in [0.5, 0.6) is 0 Å². The van der Waals surface area contributed by atoms with Gasteiger partial charge in [0.2, 0.25) is 5.91 Å². The van der Waals surface area contributed by atoms with Crippen molar-refractivity contribution in [2.24, 2.45) is 0 Å². The van der Waals surface area contributed by atoms with Gasteiger partial charge in [0.1, 0.15) is 0 Å². The molecule has 0 spiro atoms. The van der Waals surface area contributed by atoms with E-state index in [4.69, 9.17) is 0 Å². The first-order chi connectivity index (χ1) is 14.7. The van der Waals surface area contributed by atoms with Crippen LogP contribution in [-0.2, 0) is 4.79 Å². The van der Waals surface area contributed by atoms with Crippen molar-refractivity contribution in [3.8, 4) is 0 Å². The van der Waals surface area contributed by atoms with E-state index in [9.17, 15) is 4.79 Å². The molecule has 0 rings (SSSR count). The Kier molecular flexibility index (Phi) is 29.5. The van der Waals surface area contributed by atoms with Crippen molar-refractivity contribution in [3.05, 3.63) is 0 Å². The maximum atomic E-state index is 11.8. The van der Waals surface area contributed by atoms with Gasteiger partial charge in [0.15, 0.2) is 0 Å². The van der Waals surface area contributed by atoms with Gasteiger partial charge in [-0.05, 0) is 6.42 Å². The van der Waals surface area contributed by atoms with Gasteiger partial charge in [-0.15, -0.1) is 0 Å². The number of halogens is 1. The van der Waals surface area contributed by atoms with Crippen LogP contribution in [-0.4, -0.2) is 33.1 Å². The van der Waals surface area contributed by atoms with E-state index in [1.807, 2.05) is 0 Å². The molecule has 0 fully saturated rings. The van der Waals surface area contributed by atoms with E-state index >= 15 is 0 Å². The van der Waals surface area contributed by atoms with Crippen molar-refractivity contribution in [2.45, 2.75) is 142 Å². The predicted octanol–water partition coefficient (Wildman–Crippen LogP) is 3.46. The van der Waals surface area contributed by atoms with Crippen molar-refractivity contribution < 1.29 is 22.1 Å². The summed E-state index contributed by atoms with van der Waals surface area (Å²) in [6.45, 7) is 4.25. The molecule has 31 heavy (non-hydrogen) atoms. The number of carbonyl (C=O) groups excluding carboxylic acids is 1. The Balaban J connectivity index is 0. The first-order valence-electron chi connectivity index (χ1n) is 13.7. The van der Waals surface area contributed by atoms with Gasteiger partial charge in [0.05, 0.1) is 20.6 Å². The van der Waals surface area contributed by atoms with Gasteiger partial charge in [-0.3, -0.25) is 4.79 Å². The zero-order valence-electron chi connectivity index (χ0n) is 21.5. The Bertz CT molecular complexity index is 350.